The maximum absolute atomic E-state index is 13.1. The van der Waals surface area contributed by atoms with Gasteiger partial charge in [-0.05, 0) is 45.3 Å². The van der Waals surface area contributed by atoms with E-state index in [0.717, 1.165) is 0 Å². The normalized spacial score (nSPS) is 20.6. The first-order chi connectivity index (χ1) is 8.64. The third-order valence-corrected chi connectivity index (χ3v) is 3.84. The summed E-state index contributed by atoms with van der Waals surface area (Å²) in [4.78, 5) is 0. The largest absolute Gasteiger partial charge is 0.494 e. The summed E-state index contributed by atoms with van der Waals surface area (Å²) in [5, 5.41) is 7.07. The van der Waals surface area contributed by atoms with Gasteiger partial charge < -0.3 is 15.0 Å². The number of nitrogens with two attached hydrogens (primary N) is 1. The maximum Gasteiger partial charge on any atom is 0.494 e. The lowest BCUT2D eigenvalue weighted by Crippen LogP contribution is -2.41. The lowest BCUT2D eigenvalue weighted by molar-refractivity contribution is 0.00578. The fourth-order valence-electron chi connectivity index (χ4n) is 1.89. The Bertz CT molecular complexity index is 515. The molecule has 0 saturated carbocycles. The monoisotopic (exact) mass is 264 g/mol. The van der Waals surface area contributed by atoms with Gasteiger partial charge in [0.2, 0.25) is 5.97 Å². The average Bonchev–Trinajstić information content (AvgIpc) is 2.48. The number of nitrogens with one attached hydrogen (secondary N) is 1. The van der Waals surface area contributed by atoms with Crippen molar-refractivity contribution >= 4 is 24.2 Å². The predicted octanol–water partition coefficient (Wildman–Crippen LogP) is 1.86. The zero-order valence-corrected chi connectivity index (χ0v) is 11.6. The molecule has 19 heavy (non-hydrogen) atoms. The molecule has 1 aliphatic heterocycles. The van der Waals surface area contributed by atoms with E-state index in [1.54, 1.807) is 12.1 Å². The number of nitrogen functional groups attached to an aromatic ring is 1. The molecule has 0 unspecified atom stereocenters. The van der Waals surface area contributed by atoms with Gasteiger partial charge in [-0.2, -0.15) is 4.39 Å². The smallest absolute Gasteiger partial charge is 0.399 e. The SMILES string of the molecule is CC1(C)OB(c2ccc(N)c(C(=N)F)c2)OC1(C)C. The first kappa shape index (κ1) is 14.0. The van der Waals surface area contributed by atoms with Crippen molar-refractivity contribution in [3.8, 4) is 0 Å². The molecule has 1 fully saturated rings. The number of rotatable bonds is 2. The highest BCUT2D eigenvalue weighted by Gasteiger charge is 2.51. The number of benzene rings is 1. The van der Waals surface area contributed by atoms with Crippen LogP contribution >= 0.6 is 0 Å². The third kappa shape index (κ3) is 2.38. The molecule has 0 radical (unpaired) electrons. The minimum Gasteiger partial charge on any atom is -0.399 e. The second-order valence-corrected chi connectivity index (χ2v) is 5.75. The number of hydrogen-bond donors (Lipinski definition) is 2. The van der Waals surface area contributed by atoms with Gasteiger partial charge in [0.05, 0.1) is 16.8 Å². The fourth-order valence-corrected chi connectivity index (χ4v) is 1.89. The Hall–Kier alpha value is -1.40. The zero-order chi connectivity index (χ0) is 14.4. The van der Waals surface area contributed by atoms with Crippen molar-refractivity contribution in [3.05, 3.63) is 23.8 Å². The second kappa shape index (κ2) is 4.32. The van der Waals surface area contributed by atoms with Crippen LogP contribution in [-0.4, -0.2) is 24.3 Å². The molecule has 3 N–H and O–H groups in total. The van der Waals surface area contributed by atoms with E-state index in [1.165, 1.54) is 6.07 Å². The van der Waals surface area contributed by atoms with Gasteiger partial charge in [0, 0.05) is 5.69 Å². The minimum atomic E-state index is -1.06. The number of halogens is 1. The van der Waals surface area contributed by atoms with Crippen molar-refractivity contribution < 1.29 is 13.7 Å². The first-order valence-electron chi connectivity index (χ1n) is 6.13. The van der Waals surface area contributed by atoms with Crippen LogP contribution in [-0.2, 0) is 9.31 Å². The van der Waals surface area contributed by atoms with Crippen LogP contribution in [0.25, 0.3) is 0 Å². The Kier molecular flexibility index (Phi) is 3.19. The Balaban J connectivity index is 2.35. The van der Waals surface area contributed by atoms with E-state index in [4.69, 9.17) is 20.5 Å². The lowest BCUT2D eigenvalue weighted by Gasteiger charge is -2.32. The molecule has 1 saturated heterocycles. The fraction of sp³-hybridized carbons (Fsp3) is 0.462. The van der Waals surface area contributed by atoms with E-state index < -0.39 is 24.3 Å². The molecule has 0 amide bonds. The highest BCUT2D eigenvalue weighted by Crippen LogP contribution is 2.36. The molecule has 0 spiro atoms. The average molecular weight is 264 g/mol. The van der Waals surface area contributed by atoms with Crippen LogP contribution in [0.5, 0.6) is 0 Å². The summed E-state index contributed by atoms with van der Waals surface area (Å²) in [7, 11) is -0.580. The summed E-state index contributed by atoms with van der Waals surface area (Å²) >= 11 is 0. The van der Waals surface area contributed by atoms with Crippen molar-refractivity contribution in [3.63, 3.8) is 0 Å². The molecule has 102 valence electrons. The van der Waals surface area contributed by atoms with Gasteiger partial charge in [0.25, 0.3) is 0 Å². The van der Waals surface area contributed by atoms with Crippen molar-refractivity contribution in [1.29, 1.82) is 5.41 Å². The Labute approximate surface area is 112 Å². The summed E-state index contributed by atoms with van der Waals surface area (Å²) in [5.41, 5.74) is 5.67. The Morgan fingerprint density at radius 3 is 2.21 bits per heavy atom. The van der Waals surface area contributed by atoms with E-state index in [1.807, 2.05) is 27.7 Å². The highest BCUT2D eigenvalue weighted by molar-refractivity contribution is 6.62. The summed E-state index contributed by atoms with van der Waals surface area (Å²) < 4.78 is 24.8. The van der Waals surface area contributed by atoms with Gasteiger partial charge in [-0.25, -0.2) is 0 Å². The predicted molar refractivity (Wildman–Crippen MR) is 74.5 cm³/mol. The van der Waals surface area contributed by atoms with Crippen molar-refractivity contribution in [2.45, 2.75) is 38.9 Å². The molecule has 0 atom stereocenters. The molecule has 1 aliphatic rings. The first-order valence-corrected chi connectivity index (χ1v) is 6.13. The lowest BCUT2D eigenvalue weighted by atomic mass is 9.78. The Morgan fingerprint density at radius 1 is 1.21 bits per heavy atom. The molecule has 1 heterocycles. The van der Waals surface area contributed by atoms with Crippen molar-refractivity contribution in [1.82, 2.24) is 0 Å². The number of anilines is 1. The van der Waals surface area contributed by atoms with Gasteiger partial charge in [-0.1, -0.05) is 6.07 Å². The molecule has 1 aromatic rings. The molecule has 0 aromatic heterocycles. The van der Waals surface area contributed by atoms with Crippen LogP contribution in [0.4, 0.5) is 10.1 Å². The molecule has 6 heteroatoms. The summed E-state index contributed by atoms with van der Waals surface area (Å²) in [6.45, 7) is 7.79. The Morgan fingerprint density at radius 2 is 1.74 bits per heavy atom. The zero-order valence-electron chi connectivity index (χ0n) is 11.6. The van der Waals surface area contributed by atoms with E-state index in [-0.39, 0.29) is 11.3 Å². The van der Waals surface area contributed by atoms with Gasteiger partial charge in [0.15, 0.2) is 0 Å². The molecular weight excluding hydrogens is 246 g/mol. The molecule has 0 aliphatic carbocycles. The maximum atomic E-state index is 13.1. The topological polar surface area (TPSA) is 68.3 Å². The van der Waals surface area contributed by atoms with E-state index in [0.29, 0.717) is 5.46 Å². The van der Waals surface area contributed by atoms with Gasteiger partial charge >= 0.3 is 7.12 Å². The van der Waals surface area contributed by atoms with Crippen LogP contribution in [0.15, 0.2) is 18.2 Å². The van der Waals surface area contributed by atoms with Crippen LogP contribution < -0.4 is 11.2 Å². The standard InChI is InChI=1S/C13H18BFN2O2/c1-12(2)13(3,4)19-14(18-12)8-5-6-10(16)9(7-8)11(15)17/h5-7,17H,16H2,1-4H3. The van der Waals surface area contributed by atoms with Gasteiger partial charge in [-0.15, -0.1) is 0 Å². The van der Waals surface area contributed by atoms with Crippen molar-refractivity contribution in [2.75, 3.05) is 5.73 Å². The van der Waals surface area contributed by atoms with Crippen LogP contribution in [0, 0.1) is 5.41 Å². The van der Waals surface area contributed by atoms with Gasteiger partial charge in [0.1, 0.15) is 0 Å². The van der Waals surface area contributed by atoms with E-state index in [9.17, 15) is 4.39 Å². The van der Waals surface area contributed by atoms with Gasteiger partial charge in [-0.3, -0.25) is 5.41 Å². The minimum absolute atomic E-state index is 0.0622. The van der Waals surface area contributed by atoms with E-state index >= 15 is 0 Å². The number of hydrogen-bond acceptors (Lipinski definition) is 4. The van der Waals surface area contributed by atoms with Crippen molar-refractivity contribution in [2.24, 2.45) is 0 Å². The second-order valence-electron chi connectivity index (χ2n) is 5.75. The quantitative estimate of drug-likeness (QED) is 0.486. The van der Waals surface area contributed by atoms with Crippen LogP contribution in [0.1, 0.15) is 33.3 Å². The summed E-state index contributed by atoms with van der Waals surface area (Å²) in [6, 6.07) is 4.79. The molecule has 0 bridgehead atoms. The molecular formula is C13H18BFN2O2. The molecule has 4 nitrogen and oxygen atoms in total. The molecule has 1 aromatic carbocycles. The van der Waals surface area contributed by atoms with Crippen LogP contribution in [0.2, 0.25) is 0 Å². The van der Waals surface area contributed by atoms with E-state index in [2.05, 4.69) is 0 Å². The summed E-state index contributed by atoms with van der Waals surface area (Å²) in [5.74, 6) is -1.06. The molecule has 2 rings (SSSR count). The third-order valence-electron chi connectivity index (χ3n) is 3.84. The van der Waals surface area contributed by atoms with Crippen LogP contribution in [0.3, 0.4) is 0 Å². The summed E-state index contributed by atoms with van der Waals surface area (Å²) in [6.07, 6.45) is 0. The highest BCUT2D eigenvalue weighted by atomic mass is 19.1.